The summed E-state index contributed by atoms with van der Waals surface area (Å²) in [5, 5.41) is 12.5. The zero-order chi connectivity index (χ0) is 17.2. The van der Waals surface area contributed by atoms with E-state index in [-0.39, 0.29) is 5.91 Å². The monoisotopic (exact) mass is 337 g/mol. The highest BCUT2D eigenvalue weighted by Gasteiger charge is 2.25. The molecule has 3 aromatic rings. The largest absolute Gasteiger partial charge is 0.353 e. The van der Waals surface area contributed by atoms with Crippen LogP contribution in [0.2, 0.25) is 0 Å². The fourth-order valence-corrected chi connectivity index (χ4v) is 3.22. The number of rotatable bonds is 2. The third kappa shape index (κ3) is 2.90. The summed E-state index contributed by atoms with van der Waals surface area (Å²) >= 11 is 0. The number of carbonyl (C=O) groups is 1. The quantitative estimate of drug-likeness (QED) is 0.699. The smallest absolute Gasteiger partial charge is 0.259 e. The van der Waals surface area contributed by atoms with Crippen LogP contribution in [0.3, 0.4) is 0 Å². The Hall–Kier alpha value is -3.03. The van der Waals surface area contributed by atoms with Crippen LogP contribution in [0.5, 0.6) is 0 Å². The highest BCUT2D eigenvalue weighted by atomic mass is 16.2. The number of hydrogen-bond donors (Lipinski definition) is 0. The number of anilines is 1. The highest BCUT2D eigenvalue weighted by molar-refractivity contribution is 6.01. The molecule has 128 valence electrons. The molecule has 4 rings (SSSR count). The number of fused-ring (bicyclic) bond motifs is 1. The van der Waals surface area contributed by atoms with Crippen LogP contribution in [-0.4, -0.2) is 61.8 Å². The van der Waals surface area contributed by atoms with Gasteiger partial charge in [-0.15, -0.1) is 5.10 Å². The molecular formula is C17H19N7O. The Labute approximate surface area is 145 Å². The van der Waals surface area contributed by atoms with E-state index in [9.17, 15) is 4.79 Å². The maximum atomic E-state index is 13.1. The molecule has 1 saturated heterocycles. The Morgan fingerprint density at radius 2 is 2.04 bits per heavy atom. The van der Waals surface area contributed by atoms with Crippen LogP contribution in [0.1, 0.15) is 22.5 Å². The highest BCUT2D eigenvalue weighted by Crippen LogP contribution is 2.18. The Morgan fingerprint density at radius 1 is 1.12 bits per heavy atom. The predicted octanol–water partition coefficient (Wildman–Crippen LogP) is 1.18. The lowest BCUT2D eigenvalue weighted by molar-refractivity contribution is 0.0768. The molecule has 4 heterocycles. The van der Waals surface area contributed by atoms with Crippen molar-refractivity contribution in [2.75, 3.05) is 31.1 Å². The number of aryl methyl sites for hydroxylation is 1. The lowest BCUT2D eigenvalue weighted by atomic mass is 10.2. The van der Waals surface area contributed by atoms with Crippen molar-refractivity contribution in [3.8, 4) is 0 Å². The fourth-order valence-electron chi connectivity index (χ4n) is 3.22. The maximum Gasteiger partial charge on any atom is 0.259 e. The van der Waals surface area contributed by atoms with Gasteiger partial charge >= 0.3 is 0 Å². The van der Waals surface area contributed by atoms with Gasteiger partial charge in [-0.05, 0) is 31.5 Å². The molecule has 1 aliphatic rings. The molecule has 8 heteroatoms. The van der Waals surface area contributed by atoms with Crippen molar-refractivity contribution in [2.24, 2.45) is 0 Å². The number of aromatic nitrogens is 5. The average Bonchev–Trinajstić information content (AvgIpc) is 2.82. The standard InChI is InChI=1S/C17H19N7O/c1-13-15(16-18-6-3-10-24(16)21-13)17(25)23-9-4-8-22(11-12-23)14-5-2-7-19-20-14/h2-3,5-7,10H,4,8-9,11-12H2,1H3. The second kappa shape index (κ2) is 6.46. The van der Waals surface area contributed by atoms with Crippen molar-refractivity contribution in [3.05, 3.63) is 48.0 Å². The lowest BCUT2D eigenvalue weighted by Gasteiger charge is -2.22. The van der Waals surface area contributed by atoms with Crippen molar-refractivity contribution >= 4 is 17.4 Å². The number of carbonyl (C=O) groups excluding carboxylic acids is 1. The van der Waals surface area contributed by atoms with Crippen LogP contribution in [-0.2, 0) is 0 Å². The van der Waals surface area contributed by atoms with Crippen molar-refractivity contribution in [2.45, 2.75) is 13.3 Å². The summed E-state index contributed by atoms with van der Waals surface area (Å²) < 4.78 is 1.66. The molecule has 0 radical (unpaired) electrons. The predicted molar refractivity (Wildman–Crippen MR) is 92.5 cm³/mol. The molecule has 3 aromatic heterocycles. The zero-order valence-corrected chi connectivity index (χ0v) is 14.0. The summed E-state index contributed by atoms with van der Waals surface area (Å²) in [4.78, 5) is 21.5. The van der Waals surface area contributed by atoms with E-state index in [4.69, 9.17) is 0 Å². The van der Waals surface area contributed by atoms with Crippen LogP contribution in [0, 0.1) is 6.92 Å². The van der Waals surface area contributed by atoms with Gasteiger partial charge in [-0.25, -0.2) is 9.50 Å². The number of hydrogen-bond acceptors (Lipinski definition) is 6. The molecule has 25 heavy (non-hydrogen) atoms. The van der Waals surface area contributed by atoms with Crippen LogP contribution >= 0.6 is 0 Å². The van der Waals surface area contributed by atoms with Gasteiger partial charge in [0.1, 0.15) is 5.56 Å². The molecular weight excluding hydrogens is 318 g/mol. The number of nitrogens with zero attached hydrogens (tertiary/aromatic N) is 7. The van der Waals surface area contributed by atoms with E-state index >= 15 is 0 Å². The first-order chi connectivity index (χ1) is 12.2. The third-order valence-corrected chi connectivity index (χ3v) is 4.45. The van der Waals surface area contributed by atoms with Gasteiger partial charge in [0.15, 0.2) is 11.5 Å². The van der Waals surface area contributed by atoms with E-state index in [2.05, 4.69) is 25.2 Å². The second-order valence-corrected chi connectivity index (χ2v) is 6.06. The van der Waals surface area contributed by atoms with Gasteiger partial charge in [0.05, 0.1) is 5.69 Å². The summed E-state index contributed by atoms with van der Waals surface area (Å²) in [6.07, 6.45) is 6.04. The molecule has 0 spiro atoms. The van der Waals surface area contributed by atoms with Gasteiger partial charge in [0.25, 0.3) is 5.91 Å². The normalized spacial score (nSPS) is 15.4. The summed E-state index contributed by atoms with van der Waals surface area (Å²) in [6.45, 7) is 4.79. The first-order valence-corrected chi connectivity index (χ1v) is 8.36. The van der Waals surface area contributed by atoms with Crippen molar-refractivity contribution in [1.82, 2.24) is 29.7 Å². The molecule has 8 nitrogen and oxygen atoms in total. The summed E-state index contributed by atoms with van der Waals surface area (Å²) in [6, 6.07) is 5.63. The van der Waals surface area contributed by atoms with Crippen molar-refractivity contribution < 1.29 is 4.79 Å². The molecule has 1 fully saturated rings. The molecule has 0 aromatic carbocycles. The van der Waals surface area contributed by atoms with Crippen molar-refractivity contribution in [3.63, 3.8) is 0 Å². The molecule has 0 unspecified atom stereocenters. The molecule has 0 saturated carbocycles. The lowest BCUT2D eigenvalue weighted by Crippen LogP contribution is -2.35. The Balaban J connectivity index is 1.56. The third-order valence-electron chi connectivity index (χ3n) is 4.45. The second-order valence-electron chi connectivity index (χ2n) is 6.06. The van der Waals surface area contributed by atoms with Gasteiger partial charge in [-0.2, -0.15) is 10.2 Å². The number of amides is 1. The first-order valence-electron chi connectivity index (χ1n) is 8.36. The van der Waals surface area contributed by atoms with Crippen LogP contribution < -0.4 is 4.90 Å². The molecule has 0 atom stereocenters. The minimum Gasteiger partial charge on any atom is -0.353 e. The summed E-state index contributed by atoms with van der Waals surface area (Å²) in [5.41, 5.74) is 1.91. The summed E-state index contributed by atoms with van der Waals surface area (Å²) in [7, 11) is 0. The van der Waals surface area contributed by atoms with Gasteiger partial charge in [0, 0.05) is 44.8 Å². The van der Waals surface area contributed by atoms with Gasteiger partial charge in [0.2, 0.25) is 0 Å². The minimum atomic E-state index is -0.00723. The van der Waals surface area contributed by atoms with Crippen LogP contribution in [0.25, 0.3) is 5.65 Å². The average molecular weight is 337 g/mol. The van der Waals surface area contributed by atoms with Crippen molar-refractivity contribution in [1.29, 1.82) is 0 Å². The summed E-state index contributed by atoms with van der Waals surface area (Å²) in [5.74, 6) is 0.845. The minimum absolute atomic E-state index is 0.00723. The first kappa shape index (κ1) is 15.5. The van der Waals surface area contributed by atoms with Gasteiger partial charge < -0.3 is 9.80 Å². The molecule has 0 aliphatic carbocycles. The Bertz CT molecular complexity index is 892. The molecule has 0 bridgehead atoms. The van der Waals surface area contributed by atoms with Gasteiger partial charge in [-0.1, -0.05) is 0 Å². The Kier molecular flexibility index (Phi) is 4.01. The van der Waals surface area contributed by atoms with Crippen LogP contribution in [0.4, 0.5) is 5.82 Å². The molecule has 0 N–H and O–H groups in total. The zero-order valence-electron chi connectivity index (χ0n) is 14.0. The van der Waals surface area contributed by atoms with E-state index in [1.165, 1.54) is 0 Å². The topological polar surface area (TPSA) is 79.5 Å². The van der Waals surface area contributed by atoms with E-state index < -0.39 is 0 Å². The van der Waals surface area contributed by atoms with E-state index in [1.807, 2.05) is 30.2 Å². The van der Waals surface area contributed by atoms with Gasteiger partial charge in [-0.3, -0.25) is 4.79 Å². The van der Waals surface area contributed by atoms with E-state index in [0.29, 0.717) is 30.0 Å². The maximum absolute atomic E-state index is 13.1. The van der Waals surface area contributed by atoms with Crippen LogP contribution in [0.15, 0.2) is 36.8 Å². The SMILES string of the molecule is Cc1nn2cccnc2c1C(=O)N1CCCN(c2cccnn2)CC1. The van der Waals surface area contributed by atoms with E-state index in [1.54, 1.807) is 23.0 Å². The molecule has 1 amide bonds. The molecule has 1 aliphatic heterocycles. The Morgan fingerprint density at radius 3 is 2.88 bits per heavy atom. The van der Waals surface area contributed by atoms with E-state index in [0.717, 1.165) is 25.3 Å². The fraction of sp³-hybridized carbons (Fsp3) is 0.353.